The van der Waals surface area contributed by atoms with Crippen molar-refractivity contribution in [1.82, 2.24) is 0 Å². The Labute approximate surface area is 231 Å². The van der Waals surface area contributed by atoms with Crippen LogP contribution in [-0.2, 0) is 15.0 Å². The van der Waals surface area contributed by atoms with Gasteiger partial charge in [-0.1, -0.05) is 69.3 Å². The van der Waals surface area contributed by atoms with E-state index in [1.165, 1.54) is 6.07 Å². The number of anilines is 2. The summed E-state index contributed by atoms with van der Waals surface area (Å²) in [4.78, 5) is 27.8. The molecule has 1 amide bonds. The van der Waals surface area contributed by atoms with Crippen LogP contribution in [0, 0.1) is 0 Å². The SMILES string of the molecule is COc1ccc([C@@H]2CC(=O)C3=C(C2)Nc2ccccc2N(C(=O)C(F)(F)F)[C@@H]3c2ccc(C(C)(C)C)cc2)cc1. The molecule has 0 aromatic heterocycles. The van der Waals surface area contributed by atoms with Gasteiger partial charge in [0.05, 0.1) is 24.5 Å². The van der Waals surface area contributed by atoms with E-state index in [0.717, 1.165) is 16.0 Å². The zero-order valence-electron chi connectivity index (χ0n) is 22.8. The van der Waals surface area contributed by atoms with E-state index >= 15 is 0 Å². The molecule has 2 atom stereocenters. The number of benzene rings is 3. The van der Waals surface area contributed by atoms with Crippen LogP contribution in [0.25, 0.3) is 0 Å². The van der Waals surface area contributed by atoms with Crippen LogP contribution in [0.4, 0.5) is 24.5 Å². The number of nitrogens with one attached hydrogen (secondary N) is 1. The predicted octanol–water partition coefficient (Wildman–Crippen LogP) is 7.46. The van der Waals surface area contributed by atoms with Gasteiger partial charge in [-0.3, -0.25) is 14.5 Å². The van der Waals surface area contributed by atoms with Crippen molar-refractivity contribution in [3.05, 3.63) is 101 Å². The highest BCUT2D eigenvalue weighted by atomic mass is 19.4. The van der Waals surface area contributed by atoms with Gasteiger partial charge in [0, 0.05) is 17.7 Å². The average Bonchev–Trinajstić information content (AvgIpc) is 3.06. The van der Waals surface area contributed by atoms with E-state index in [9.17, 15) is 22.8 Å². The smallest absolute Gasteiger partial charge is 0.471 e. The largest absolute Gasteiger partial charge is 0.497 e. The molecule has 0 spiro atoms. The molecule has 208 valence electrons. The molecule has 0 bridgehead atoms. The number of carbonyl (C=O) groups excluding carboxylic acids is 2. The van der Waals surface area contributed by atoms with Gasteiger partial charge in [-0.25, -0.2) is 0 Å². The van der Waals surface area contributed by atoms with E-state index in [1.54, 1.807) is 37.4 Å². The monoisotopic (exact) mass is 548 g/mol. The Morgan fingerprint density at radius 3 is 2.12 bits per heavy atom. The summed E-state index contributed by atoms with van der Waals surface area (Å²) in [6.07, 6.45) is -4.65. The van der Waals surface area contributed by atoms with Crippen LogP contribution in [0.2, 0.25) is 0 Å². The number of para-hydroxylation sites is 2. The molecule has 40 heavy (non-hydrogen) atoms. The highest BCUT2D eigenvalue weighted by Gasteiger charge is 2.50. The van der Waals surface area contributed by atoms with E-state index in [0.29, 0.717) is 29.1 Å². The number of hydrogen-bond acceptors (Lipinski definition) is 4. The number of carbonyl (C=O) groups is 2. The number of allylic oxidation sites excluding steroid dienone is 1. The van der Waals surface area contributed by atoms with E-state index in [1.807, 2.05) is 57.2 Å². The van der Waals surface area contributed by atoms with Gasteiger partial charge in [0.15, 0.2) is 5.78 Å². The number of hydrogen-bond donors (Lipinski definition) is 1. The van der Waals surface area contributed by atoms with E-state index in [-0.39, 0.29) is 34.8 Å². The Bertz CT molecular complexity index is 1470. The molecule has 0 radical (unpaired) electrons. The van der Waals surface area contributed by atoms with Crippen molar-refractivity contribution in [3.8, 4) is 5.75 Å². The molecular formula is C32H31F3N2O3. The minimum Gasteiger partial charge on any atom is -0.497 e. The molecule has 1 aliphatic heterocycles. The Balaban J connectivity index is 1.70. The van der Waals surface area contributed by atoms with Gasteiger partial charge in [-0.15, -0.1) is 0 Å². The third-order valence-corrected chi connectivity index (χ3v) is 7.63. The molecule has 0 fully saturated rings. The second kappa shape index (κ2) is 10.2. The summed E-state index contributed by atoms with van der Waals surface area (Å²) in [5.41, 5.74) is 3.27. The summed E-state index contributed by atoms with van der Waals surface area (Å²) in [5, 5.41) is 3.26. The number of Topliss-reactive ketones (excluding diaryl/α,β-unsaturated/α-hetero) is 1. The summed E-state index contributed by atoms with van der Waals surface area (Å²) in [6, 6.07) is 19.7. The van der Waals surface area contributed by atoms with Crippen LogP contribution in [0.5, 0.6) is 5.75 Å². The molecule has 1 heterocycles. The first kappa shape index (κ1) is 27.5. The van der Waals surface area contributed by atoms with E-state index in [4.69, 9.17) is 4.74 Å². The van der Waals surface area contributed by atoms with Crippen molar-refractivity contribution in [3.63, 3.8) is 0 Å². The van der Waals surface area contributed by atoms with Gasteiger partial charge in [0.25, 0.3) is 0 Å². The molecule has 0 saturated heterocycles. The van der Waals surface area contributed by atoms with Crippen LogP contribution in [-0.4, -0.2) is 25.0 Å². The van der Waals surface area contributed by atoms with Crippen molar-refractivity contribution >= 4 is 23.1 Å². The van der Waals surface area contributed by atoms with Crippen LogP contribution in [0.1, 0.15) is 62.3 Å². The summed E-state index contributed by atoms with van der Waals surface area (Å²) in [5.74, 6) is -1.82. The predicted molar refractivity (Wildman–Crippen MR) is 148 cm³/mol. The molecule has 3 aromatic rings. The molecule has 5 rings (SSSR count). The van der Waals surface area contributed by atoms with Crippen molar-refractivity contribution < 1.29 is 27.5 Å². The Hall–Kier alpha value is -4.07. The Morgan fingerprint density at radius 1 is 0.900 bits per heavy atom. The van der Waals surface area contributed by atoms with Crippen LogP contribution in [0.15, 0.2) is 84.1 Å². The fraction of sp³-hybridized carbons (Fsp3) is 0.312. The summed E-state index contributed by atoms with van der Waals surface area (Å²) in [7, 11) is 1.57. The molecule has 5 nitrogen and oxygen atoms in total. The third-order valence-electron chi connectivity index (χ3n) is 7.63. The van der Waals surface area contributed by atoms with Gasteiger partial charge in [-0.05, 0) is 58.7 Å². The first-order chi connectivity index (χ1) is 18.9. The third kappa shape index (κ3) is 5.10. The highest BCUT2D eigenvalue weighted by Crippen LogP contribution is 2.48. The molecule has 8 heteroatoms. The second-order valence-corrected chi connectivity index (χ2v) is 11.3. The number of fused-ring (bicyclic) bond motifs is 1. The quantitative estimate of drug-likeness (QED) is 0.369. The van der Waals surface area contributed by atoms with Crippen molar-refractivity contribution in [2.24, 2.45) is 0 Å². The maximum Gasteiger partial charge on any atom is 0.471 e. The maximum atomic E-state index is 14.1. The van der Waals surface area contributed by atoms with Crippen molar-refractivity contribution in [1.29, 1.82) is 0 Å². The van der Waals surface area contributed by atoms with Gasteiger partial charge in [0.2, 0.25) is 0 Å². The number of rotatable bonds is 3. The minimum atomic E-state index is -5.15. The molecule has 2 aliphatic rings. The molecule has 3 aromatic carbocycles. The van der Waals surface area contributed by atoms with Gasteiger partial charge in [-0.2, -0.15) is 13.2 Å². The zero-order valence-corrected chi connectivity index (χ0v) is 22.8. The zero-order chi connectivity index (χ0) is 28.8. The first-order valence-electron chi connectivity index (χ1n) is 13.2. The van der Waals surface area contributed by atoms with Gasteiger partial charge >= 0.3 is 12.1 Å². The molecule has 1 N–H and O–H groups in total. The lowest BCUT2D eigenvalue weighted by Crippen LogP contribution is -2.45. The standard InChI is InChI=1S/C32H31F3N2O3/c1-31(2,3)22-13-9-20(10-14-22)29-28-25(17-21(18-27(28)38)19-11-15-23(40-4)16-12-19)36-24-7-5-6-8-26(24)37(29)30(39)32(33,34)35/h5-16,21,29,36H,17-18H2,1-4H3/t21-,29+/m0/s1. The number of alkyl halides is 3. The van der Waals surface area contributed by atoms with Crippen LogP contribution >= 0.6 is 0 Å². The number of methoxy groups -OCH3 is 1. The molecule has 0 saturated carbocycles. The Morgan fingerprint density at radius 2 is 1.52 bits per heavy atom. The van der Waals surface area contributed by atoms with Crippen molar-refractivity contribution in [2.45, 2.75) is 57.2 Å². The van der Waals surface area contributed by atoms with E-state index < -0.39 is 18.1 Å². The molecular weight excluding hydrogens is 517 g/mol. The average molecular weight is 549 g/mol. The summed E-state index contributed by atoms with van der Waals surface area (Å²) >= 11 is 0. The fourth-order valence-corrected chi connectivity index (χ4v) is 5.54. The van der Waals surface area contributed by atoms with Gasteiger partial charge in [0.1, 0.15) is 5.75 Å². The number of ether oxygens (including phenoxy) is 1. The van der Waals surface area contributed by atoms with Crippen LogP contribution < -0.4 is 15.0 Å². The minimum absolute atomic E-state index is 0.0675. The normalized spacial score (nSPS) is 19.4. The van der Waals surface area contributed by atoms with Gasteiger partial charge < -0.3 is 10.1 Å². The van der Waals surface area contributed by atoms with Crippen LogP contribution in [0.3, 0.4) is 0 Å². The first-order valence-corrected chi connectivity index (χ1v) is 13.2. The lowest BCUT2D eigenvalue weighted by atomic mass is 9.77. The summed E-state index contributed by atoms with van der Waals surface area (Å²) in [6.45, 7) is 6.12. The number of ketones is 1. The maximum absolute atomic E-state index is 14.1. The Kier molecular flexibility index (Phi) is 6.98. The molecule has 1 aliphatic carbocycles. The molecule has 0 unspecified atom stereocenters. The van der Waals surface area contributed by atoms with Crippen molar-refractivity contribution in [2.75, 3.05) is 17.3 Å². The van der Waals surface area contributed by atoms with E-state index in [2.05, 4.69) is 5.32 Å². The topological polar surface area (TPSA) is 58.6 Å². The lowest BCUT2D eigenvalue weighted by Gasteiger charge is -2.35. The summed E-state index contributed by atoms with van der Waals surface area (Å²) < 4.78 is 47.6. The highest BCUT2D eigenvalue weighted by molar-refractivity contribution is 6.07. The number of nitrogens with zero attached hydrogens (tertiary/aromatic N) is 1. The fourth-order valence-electron chi connectivity index (χ4n) is 5.54. The lowest BCUT2D eigenvalue weighted by molar-refractivity contribution is -0.170. The number of amides is 1. The second-order valence-electron chi connectivity index (χ2n) is 11.3. The number of halogens is 3.